The molecule has 0 aliphatic carbocycles. The zero-order chi connectivity index (χ0) is 21.8. The first-order valence-electron chi connectivity index (χ1n) is 11.3. The van der Waals surface area contributed by atoms with Gasteiger partial charge in [0.05, 0.1) is 11.0 Å². The Kier molecular flexibility index (Phi) is 6.56. The van der Waals surface area contributed by atoms with E-state index in [1.165, 1.54) is 18.4 Å². The van der Waals surface area contributed by atoms with Crippen molar-refractivity contribution in [1.29, 1.82) is 0 Å². The lowest BCUT2D eigenvalue weighted by molar-refractivity contribution is -0.121. The molecular weight excluding hydrogens is 388 g/mol. The maximum atomic E-state index is 12.8. The van der Waals surface area contributed by atoms with Gasteiger partial charge in [0.2, 0.25) is 5.91 Å². The van der Waals surface area contributed by atoms with Crippen LogP contribution in [0.1, 0.15) is 37.8 Å². The van der Waals surface area contributed by atoms with E-state index in [1.54, 1.807) is 9.13 Å². The molecule has 1 fully saturated rings. The number of benzene rings is 2. The van der Waals surface area contributed by atoms with Gasteiger partial charge in [0.25, 0.3) is 0 Å². The molecule has 6 heteroatoms. The van der Waals surface area contributed by atoms with Crippen molar-refractivity contribution >= 4 is 16.9 Å². The number of fused-ring (bicyclic) bond motifs is 1. The van der Waals surface area contributed by atoms with E-state index in [1.807, 2.05) is 37.3 Å². The predicted octanol–water partition coefficient (Wildman–Crippen LogP) is 3.37. The molecule has 6 nitrogen and oxygen atoms in total. The topological polar surface area (TPSA) is 59.3 Å². The molecule has 1 aromatic heterocycles. The van der Waals surface area contributed by atoms with E-state index in [-0.39, 0.29) is 18.1 Å². The van der Waals surface area contributed by atoms with E-state index in [9.17, 15) is 9.59 Å². The van der Waals surface area contributed by atoms with Crippen LogP contribution in [0.5, 0.6) is 0 Å². The second kappa shape index (κ2) is 9.52. The third-order valence-corrected chi connectivity index (χ3v) is 6.27. The van der Waals surface area contributed by atoms with Crippen LogP contribution in [0, 0.1) is 5.92 Å². The number of aromatic nitrogens is 2. The van der Waals surface area contributed by atoms with Crippen molar-refractivity contribution in [2.45, 2.75) is 52.9 Å². The molecular formula is C25H32N4O2. The molecule has 1 saturated heterocycles. The first kappa shape index (κ1) is 21.4. The van der Waals surface area contributed by atoms with Crippen molar-refractivity contribution in [2.24, 2.45) is 5.92 Å². The normalized spacial score (nSPS) is 17.2. The summed E-state index contributed by atoms with van der Waals surface area (Å²) in [7, 11) is 0. The van der Waals surface area contributed by atoms with Gasteiger partial charge in [0.15, 0.2) is 0 Å². The molecule has 0 spiro atoms. The van der Waals surface area contributed by atoms with Crippen LogP contribution in [0.2, 0.25) is 0 Å². The molecule has 2 heterocycles. The summed E-state index contributed by atoms with van der Waals surface area (Å²) in [5.41, 5.74) is 3.92. The van der Waals surface area contributed by atoms with Crippen LogP contribution in [0.4, 0.5) is 0 Å². The maximum Gasteiger partial charge on any atom is 0.329 e. The highest BCUT2D eigenvalue weighted by Crippen LogP contribution is 2.19. The van der Waals surface area contributed by atoms with Gasteiger partial charge in [-0.2, -0.15) is 0 Å². The molecule has 1 amide bonds. The highest BCUT2D eigenvalue weighted by Gasteiger charge is 2.18. The summed E-state index contributed by atoms with van der Waals surface area (Å²) in [6, 6.07) is 15.9. The van der Waals surface area contributed by atoms with Crippen LogP contribution in [-0.4, -0.2) is 33.0 Å². The summed E-state index contributed by atoms with van der Waals surface area (Å²) < 4.78 is 3.27. The summed E-state index contributed by atoms with van der Waals surface area (Å²) >= 11 is 0. The number of hydrogen-bond donors (Lipinski definition) is 1. The molecule has 1 aliphatic rings. The van der Waals surface area contributed by atoms with Crippen LogP contribution in [-0.2, 0) is 31.0 Å². The molecule has 0 radical (unpaired) electrons. The number of amides is 1. The monoisotopic (exact) mass is 420 g/mol. The minimum atomic E-state index is -0.150. The SMILES string of the molecule is CCn1c(=O)n(CC(=O)NCc2ccccc2CN2CCCC(C)C2)c2ccccc21. The van der Waals surface area contributed by atoms with Crippen LogP contribution in [0.3, 0.4) is 0 Å². The molecule has 3 aromatic rings. The standard InChI is InChI=1S/C25H32N4O2/c1-3-28-22-12-6-7-13-23(22)29(25(28)31)18-24(30)26-15-20-10-4-5-11-21(20)17-27-14-8-9-19(2)16-27/h4-7,10-13,19H,3,8-9,14-18H2,1-2H3,(H,26,30). The number of aryl methyl sites for hydroxylation is 1. The van der Waals surface area contributed by atoms with Crippen molar-refractivity contribution < 1.29 is 4.79 Å². The Morgan fingerprint density at radius 1 is 1.03 bits per heavy atom. The first-order valence-corrected chi connectivity index (χ1v) is 11.3. The Bertz CT molecular complexity index is 1110. The number of nitrogens with zero attached hydrogens (tertiary/aromatic N) is 3. The lowest BCUT2D eigenvalue weighted by Gasteiger charge is -2.31. The van der Waals surface area contributed by atoms with Crippen LogP contribution in [0.25, 0.3) is 11.0 Å². The van der Waals surface area contributed by atoms with E-state index in [4.69, 9.17) is 0 Å². The zero-order valence-corrected chi connectivity index (χ0v) is 18.5. The Hall–Kier alpha value is -2.86. The molecule has 1 atom stereocenters. The summed E-state index contributed by atoms with van der Waals surface area (Å²) in [5, 5.41) is 3.03. The highest BCUT2D eigenvalue weighted by molar-refractivity contribution is 5.81. The number of likely N-dealkylation sites (tertiary alicyclic amines) is 1. The minimum Gasteiger partial charge on any atom is -0.350 e. The second-order valence-electron chi connectivity index (χ2n) is 8.63. The van der Waals surface area contributed by atoms with Crippen LogP contribution < -0.4 is 11.0 Å². The molecule has 0 bridgehead atoms. The number of hydrogen-bond acceptors (Lipinski definition) is 3. The lowest BCUT2D eigenvalue weighted by Crippen LogP contribution is -2.35. The van der Waals surface area contributed by atoms with Crippen LogP contribution >= 0.6 is 0 Å². The molecule has 164 valence electrons. The quantitative estimate of drug-likeness (QED) is 0.638. The van der Waals surface area contributed by atoms with Gasteiger partial charge in [-0.15, -0.1) is 0 Å². The molecule has 31 heavy (non-hydrogen) atoms. The summed E-state index contributed by atoms with van der Waals surface area (Å²) in [6.45, 7) is 8.52. The maximum absolute atomic E-state index is 12.8. The van der Waals surface area contributed by atoms with Gasteiger partial charge in [-0.05, 0) is 55.5 Å². The first-order chi connectivity index (χ1) is 15.1. The van der Waals surface area contributed by atoms with Crippen molar-refractivity contribution in [2.75, 3.05) is 13.1 Å². The fourth-order valence-electron chi connectivity index (χ4n) is 4.68. The fourth-order valence-corrected chi connectivity index (χ4v) is 4.68. The van der Waals surface area contributed by atoms with E-state index in [2.05, 4.69) is 35.3 Å². The number of nitrogens with one attached hydrogen (secondary N) is 1. The average Bonchev–Trinajstić information content (AvgIpc) is 3.04. The van der Waals surface area contributed by atoms with Gasteiger partial charge in [0.1, 0.15) is 6.54 Å². The third kappa shape index (κ3) is 4.74. The number of imidazole rings is 1. The minimum absolute atomic E-state index is 0.0259. The van der Waals surface area contributed by atoms with E-state index >= 15 is 0 Å². The lowest BCUT2D eigenvalue weighted by atomic mass is 9.99. The fraction of sp³-hybridized carbons (Fsp3) is 0.440. The summed E-state index contributed by atoms with van der Waals surface area (Å²) in [4.78, 5) is 28.0. The Morgan fingerprint density at radius 2 is 1.71 bits per heavy atom. The smallest absolute Gasteiger partial charge is 0.329 e. The predicted molar refractivity (Wildman–Crippen MR) is 124 cm³/mol. The number of carbonyl (C=O) groups excluding carboxylic acids is 1. The Labute approximate surface area is 183 Å². The molecule has 4 rings (SSSR count). The molecule has 1 unspecified atom stereocenters. The van der Waals surface area contributed by atoms with Gasteiger partial charge < -0.3 is 5.32 Å². The molecule has 1 N–H and O–H groups in total. The largest absolute Gasteiger partial charge is 0.350 e. The number of para-hydroxylation sites is 2. The molecule has 0 saturated carbocycles. The Morgan fingerprint density at radius 3 is 2.42 bits per heavy atom. The van der Waals surface area contributed by atoms with E-state index < -0.39 is 0 Å². The van der Waals surface area contributed by atoms with Gasteiger partial charge in [-0.3, -0.25) is 18.8 Å². The number of piperidine rings is 1. The van der Waals surface area contributed by atoms with Crippen LogP contribution in [0.15, 0.2) is 53.3 Å². The second-order valence-corrected chi connectivity index (χ2v) is 8.63. The summed E-state index contributed by atoms with van der Waals surface area (Å²) in [5.74, 6) is 0.590. The zero-order valence-electron chi connectivity index (χ0n) is 18.5. The third-order valence-electron chi connectivity index (χ3n) is 6.27. The highest BCUT2D eigenvalue weighted by atomic mass is 16.2. The average molecular weight is 421 g/mol. The summed E-state index contributed by atoms with van der Waals surface area (Å²) in [6.07, 6.45) is 2.56. The van der Waals surface area contributed by atoms with Gasteiger partial charge in [-0.25, -0.2) is 4.79 Å². The van der Waals surface area contributed by atoms with Gasteiger partial charge in [-0.1, -0.05) is 43.3 Å². The van der Waals surface area contributed by atoms with Gasteiger partial charge in [0, 0.05) is 26.2 Å². The number of carbonyl (C=O) groups is 1. The number of rotatable bonds is 7. The molecule has 1 aliphatic heterocycles. The van der Waals surface area contributed by atoms with Gasteiger partial charge >= 0.3 is 5.69 Å². The van der Waals surface area contributed by atoms with E-state index in [0.29, 0.717) is 13.1 Å². The van der Waals surface area contributed by atoms with Crippen molar-refractivity contribution in [3.63, 3.8) is 0 Å². The van der Waals surface area contributed by atoms with E-state index in [0.717, 1.165) is 42.1 Å². The molecule has 2 aromatic carbocycles. The van der Waals surface area contributed by atoms with Crippen molar-refractivity contribution in [1.82, 2.24) is 19.4 Å². The Balaban J connectivity index is 1.44. The van der Waals surface area contributed by atoms with Crippen molar-refractivity contribution in [3.8, 4) is 0 Å². The van der Waals surface area contributed by atoms with Crippen molar-refractivity contribution in [3.05, 3.63) is 70.1 Å².